The molecule has 2 amide bonds. The van der Waals surface area contributed by atoms with E-state index in [1.54, 1.807) is 12.1 Å². The number of nitrogens with zero attached hydrogens (tertiary/aromatic N) is 2. The zero-order chi connectivity index (χ0) is 23.3. The molecule has 6 nitrogen and oxygen atoms in total. The third-order valence-corrected chi connectivity index (χ3v) is 5.75. The van der Waals surface area contributed by atoms with Gasteiger partial charge in [0.05, 0.1) is 0 Å². The van der Waals surface area contributed by atoms with E-state index in [4.69, 9.17) is 12.2 Å². The number of carbonyl (C=O) groups is 2. The Labute approximate surface area is 196 Å². The number of carbonyl (C=O) groups excluding carboxylic acids is 2. The van der Waals surface area contributed by atoms with Gasteiger partial charge in [-0.2, -0.15) is 0 Å². The van der Waals surface area contributed by atoms with Crippen LogP contribution in [0.2, 0.25) is 0 Å². The molecule has 2 aromatic carbocycles. The molecule has 0 atom stereocenters. The highest BCUT2D eigenvalue weighted by molar-refractivity contribution is 7.80. The van der Waals surface area contributed by atoms with E-state index < -0.39 is 0 Å². The van der Waals surface area contributed by atoms with Crippen molar-refractivity contribution in [1.29, 1.82) is 0 Å². The van der Waals surface area contributed by atoms with Gasteiger partial charge in [-0.25, -0.2) is 0 Å². The van der Waals surface area contributed by atoms with Crippen molar-refractivity contribution in [2.24, 2.45) is 5.41 Å². The summed E-state index contributed by atoms with van der Waals surface area (Å²) in [6.45, 7) is 11.0. The number of benzene rings is 2. The van der Waals surface area contributed by atoms with Gasteiger partial charge in [-0.05, 0) is 60.6 Å². The summed E-state index contributed by atoms with van der Waals surface area (Å²) in [7, 11) is 0. The molecule has 1 fully saturated rings. The molecule has 1 saturated heterocycles. The van der Waals surface area contributed by atoms with E-state index in [-0.39, 0.29) is 22.3 Å². The first-order valence-electron chi connectivity index (χ1n) is 11.0. The van der Waals surface area contributed by atoms with Crippen molar-refractivity contribution in [1.82, 2.24) is 10.2 Å². The highest BCUT2D eigenvalue weighted by atomic mass is 32.1. The Kier molecular flexibility index (Phi) is 7.51. The van der Waals surface area contributed by atoms with Crippen LogP contribution >= 0.6 is 12.2 Å². The van der Waals surface area contributed by atoms with Crippen LogP contribution in [0.1, 0.15) is 43.6 Å². The molecule has 3 rings (SSSR count). The van der Waals surface area contributed by atoms with Gasteiger partial charge in [0.25, 0.3) is 5.91 Å². The van der Waals surface area contributed by atoms with Gasteiger partial charge in [-0.15, -0.1) is 0 Å². The minimum absolute atomic E-state index is 0.202. The van der Waals surface area contributed by atoms with Crippen molar-refractivity contribution < 1.29 is 9.59 Å². The molecule has 0 aromatic heterocycles. The Bertz CT molecular complexity index is 957. The summed E-state index contributed by atoms with van der Waals surface area (Å²) in [5, 5.41) is 6.04. The highest BCUT2D eigenvalue weighted by Gasteiger charge is 2.29. The van der Waals surface area contributed by atoms with Crippen LogP contribution in [0, 0.1) is 5.41 Å². The minimum Gasteiger partial charge on any atom is -0.368 e. The minimum atomic E-state index is -0.345. The molecule has 0 radical (unpaired) electrons. The Morgan fingerprint density at radius 3 is 2.06 bits per heavy atom. The summed E-state index contributed by atoms with van der Waals surface area (Å²) >= 11 is 5.30. The van der Waals surface area contributed by atoms with Gasteiger partial charge in [0.2, 0.25) is 5.91 Å². The van der Waals surface area contributed by atoms with Crippen LogP contribution in [0.15, 0.2) is 48.5 Å². The number of thiocarbonyl (C=S) groups is 1. The Morgan fingerprint density at radius 1 is 0.938 bits per heavy atom. The molecule has 1 aliphatic heterocycles. The maximum atomic E-state index is 12.5. The van der Waals surface area contributed by atoms with E-state index in [0.717, 1.165) is 44.0 Å². The summed E-state index contributed by atoms with van der Waals surface area (Å²) in [5.41, 5.74) is 3.32. The predicted octanol–water partition coefficient (Wildman–Crippen LogP) is 4.07. The number of aryl methyl sites for hydroxylation is 1. The molecular weight excluding hydrogens is 420 g/mol. The first kappa shape index (κ1) is 23.7. The third-order valence-electron chi connectivity index (χ3n) is 5.55. The molecule has 7 heteroatoms. The van der Waals surface area contributed by atoms with Crippen LogP contribution in [0.25, 0.3) is 0 Å². The lowest BCUT2D eigenvalue weighted by molar-refractivity contribution is -0.139. The first-order chi connectivity index (χ1) is 15.2. The lowest BCUT2D eigenvalue weighted by atomic mass is 9.94. The molecular formula is C25H32N4O2S. The second kappa shape index (κ2) is 10.1. The van der Waals surface area contributed by atoms with Crippen LogP contribution < -0.4 is 15.5 Å². The second-order valence-electron chi connectivity index (χ2n) is 9.03. The van der Waals surface area contributed by atoms with Gasteiger partial charge >= 0.3 is 0 Å². The Balaban J connectivity index is 1.50. The molecule has 170 valence electrons. The van der Waals surface area contributed by atoms with E-state index in [2.05, 4.69) is 22.5 Å². The topological polar surface area (TPSA) is 64.7 Å². The third kappa shape index (κ3) is 6.07. The van der Waals surface area contributed by atoms with Gasteiger partial charge in [0, 0.05) is 48.5 Å². The summed E-state index contributed by atoms with van der Waals surface area (Å²) in [6, 6.07) is 15.4. The Morgan fingerprint density at radius 2 is 1.53 bits per heavy atom. The Hall–Kier alpha value is -2.93. The number of anilines is 2. The van der Waals surface area contributed by atoms with Crippen LogP contribution in [-0.4, -0.2) is 48.0 Å². The van der Waals surface area contributed by atoms with Gasteiger partial charge in [-0.3, -0.25) is 14.9 Å². The van der Waals surface area contributed by atoms with E-state index in [9.17, 15) is 9.59 Å². The molecule has 0 saturated carbocycles. The van der Waals surface area contributed by atoms with Crippen molar-refractivity contribution in [3.63, 3.8) is 0 Å². The molecule has 0 spiro atoms. The van der Waals surface area contributed by atoms with Crippen molar-refractivity contribution in [2.75, 3.05) is 36.4 Å². The monoisotopic (exact) mass is 452 g/mol. The number of hydrogen-bond donors (Lipinski definition) is 2. The highest BCUT2D eigenvalue weighted by Crippen LogP contribution is 2.22. The maximum Gasteiger partial charge on any atom is 0.257 e. The van der Waals surface area contributed by atoms with Gasteiger partial charge in [0.15, 0.2) is 5.11 Å². The largest absolute Gasteiger partial charge is 0.368 e. The number of rotatable bonds is 4. The summed E-state index contributed by atoms with van der Waals surface area (Å²) in [4.78, 5) is 29.1. The number of piperazine rings is 1. The van der Waals surface area contributed by atoms with Crippen LogP contribution in [0.4, 0.5) is 11.4 Å². The van der Waals surface area contributed by atoms with E-state index in [0.29, 0.717) is 5.56 Å². The van der Waals surface area contributed by atoms with Crippen LogP contribution in [-0.2, 0) is 11.2 Å². The number of nitrogens with one attached hydrogen (secondary N) is 2. The fourth-order valence-electron chi connectivity index (χ4n) is 3.63. The van der Waals surface area contributed by atoms with E-state index >= 15 is 0 Å². The van der Waals surface area contributed by atoms with Crippen molar-refractivity contribution in [3.05, 3.63) is 59.7 Å². The fourth-order valence-corrected chi connectivity index (χ4v) is 3.84. The van der Waals surface area contributed by atoms with E-state index in [1.807, 2.05) is 62.1 Å². The van der Waals surface area contributed by atoms with Gasteiger partial charge in [0.1, 0.15) is 0 Å². The zero-order valence-corrected chi connectivity index (χ0v) is 20.1. The van der Waals surface area contributed by atoms with Gasteiger partial charge < -0.3 is 15.1 Å². The molecule has 1 heterocycles. The van der Waals surface area contributed by atoms with Gasteiger partial charge in [-0.1, -0.05) is 39.8 Å². The SMILES string of the molecule is CCc1ccc(C(=O)NC(=S)Nc2ccc(N3CCN(C(=O)C(C)(C)C)CC3)cc2)cc1. The molecule has 2 N–H and O–H groups in total. The smallest absolute Gasteiger partial charge is 0.257 e. The van der Waals surface area contributed by atoms with E-state index in [1.165, 1.54) is 5.56 Å². The number of hydrogen-bond acceptors (Lipinski definition) is 4. The lowest BCUT2D eigenvalue weighted by Gasteiger charge is -2.38. The molecule has 32 heavy (non-hydrogen) atoms. The summed E-state index contributed by atoms with van der Waals surface area (Å²) in [5.74, 6) is -0.0296. The quantitative estimate of drug-likeness (QED) is 0.685. The first-order valence-corrected chi connectivity index (χ1v) is 11.4. The van der Waals surface area contributed by atoms with Crippen molar-refractivity contribution >= 4 is 40.5 Å². The normalized spacial score (nSPS) is 14.1. The fraction of sp³-hybridized carbons (Fsp3) is 0.400. The average Bonchev–Trinajstić information content (AvgIpc) is 2.78. The van der Waals surface area contributed by atoms with Crippen molar-refractivity contribution in [2.45, 2.75) is 34.1 Å². The summed E-state index contributed by atoms with van der Waals surface area (Å²) < 4.78 is 0. The molecule has 1 aliphatic rings. The average molecular weight is 453 g/mol. The zero-order valence-electron chi connectivity index (χ0n) is 19.3. The predicted molar refractivity (Wildman–Crippen MR) is 134 cm³/mol. The standard InChI is InChI=1S/C25H32N4O2S/c1-5-18-6-8-19(9-7-18)22(30)27-24(32)26-20-10-12-21(13-11-20)28-14-16-29(17-15-28)23(31)25(2,3)4/h6-13H,5,14-17H2,1-4H3,(H2,26,27,30,32). The molecule has 2 aromatic rings. The number of amides is 2. The lowest BCUT2D eigenvalue weighted by Crippen LogP contribution is -2.51. The molecule has 0 unspecified atom stereocenters. The molecule has 0 aliphatic carbocycles. The maximum absolute atomic E-state index is 12.5. The van der Waals surface area contributed by atoms with Crippen LogP contribution in [0.3, 0.4) is 0 Å². The second-order valence-corrected chi connectivity index (χ2v) is 9.44. The van der Waals surface area contributed by atoms with Crippen LogP contribution in [0.5, 0.6) is 0 Å². The summed E-state index contributed by atoms with van der Waals surface area (Å²) in [6.07, 6.45) is 0.933. The molecule has 0 bridgehead atoms. The van der Waals surface area contributed by atoms with Crippen molar-refractivity contribution in [3.8, 4) is 0 Å².